The Morgan fingerprint density at radius 1 is 0.456 bits per heavy atom. The van der Waals surface area contributed by atoms with E-state index in [1.807, 2.05) is 77.4 Å². The summed E-state index contributed by atoms with van der Waals surface area (Å²) in [4.78, 5) is 4.28. The largest absolute Gasteiger partial charge is 0.316 e. The third-order valence-corrected chi connectivity index (χ3v) is 15.2. The summed E-state index contributed by atoms with van der Waals surface area (Å²) in [5.41, 5.74) is -1.90. The van der Waals surface area contributed by atoms with Crippen LogP contribution in [0, 0.1) is 17.9 Å². The van der Waals surface area contributed by atoms with Crippen LogP contribution >= 0.6 is 22.7 Å². The molecular weight excluding hydrogens is 865 g/mol. The Morgan fingerprint density at radius 2 is 0.941 bits per heavy atom. The molecule has 0 spiro atoms. The van der Waals surface area contributed by atoms with Crippen LogP contribution < -0.4 is 0 Å². The van der Waals surface area contributed by atoms with E-state index >= 15 is 0 Å². The molecule has 0 aliphatic rings. The Balaban J connectivity index is 1.37. The van der Waals surface area contributed by atoms with Crippen molar-refractivity contribution >= 4 is 112 Å². The number of benzene rings is 10. The summed E-state index contributed by atoms with van der Waals surface area (Å²) in [6.45, 7) is 9.56. The van der Waals surface area contributed by atoms with Gasteiger partial charge in [0, 0.05) is 69.2 Å². The number of nitrogens with zero attached hydrogens (tertiary/aromatic N) is 4. The normalized spacial score (nSPS) is 14.9. The number of hydrogen-bond donors (Lipinski definition) is 0. The molecule has 4 nitrogen and oxygen atoms in total. The van der Waals surface area contributed by atoms with Gasteiger partial charge in [0.25, 0.3) is 0 Å². The van der Waals surface area contributed by atoms with Crippen LogP contribution in [0.25, 0.3) is 134 Å². The number of hydrogen-bond acceptors (Lipinski definition) is 3. The van der Waals surface area contributed by atoms with Gasteiger partial charge in [0.05, 0.1) is 75.5 Å². The summed E-state index contributed by atoms with van der Waals surface area (Å²) in [6.07, 6.45) is 0. The molecular formula is C62H34N4S2. The molecule has 0 saturated carbocycles. The highest BCUT2D eigenvalue weighted by atomic mass is 32.1. The fraction of sp³-hybridized carbons (Fsp3) is 0. The molecule has 0 saturated heterocycles. The zero-order valence-electron chi connectivity index (χ0n) is 50.1. The standard InChI is InChI=1S/C62H34N4S2/c1-64-55-53(38-20-7-3-8-21-38)49(36-63)57(65-50-29-14-11-24-41(50)44-28-17-27-40(56(44)65)37-18-5-2-6-19-37)54(39-22-9-4-10-23-39)60(55)66-58-45(32-34-47-42-25-12-15-30-51(42)67-61(47)58)46-33-35-48-43-26-13-16-31-52(43)68-62(48)59(46)66/h2-35H/i2D,3D,4D,5D,6D,7D,8D,9D,10D,18D,19D,20D,21D,22D,23D. The second-order valence-electron chi connectivity index (χ2n) is 16.2. The van der Waals surface area contributed by atoms with Crippen LogP contribution in [-0.4, -0.2) is 9.13 Å². The molecule has 0 unspecified atom stereocenters. The van der Waals surface area contributed by atoms with Gasteiger partial charge in [0.2, 0.25) is 5.69 Å². The summed E-state index contributed by atoms with van der Waals surface area (Å²) >= 11 is 2.92. The Morgan fingerprint density at radius 3 is 1.51 bits per heavy atom. The highest BCUT2D eigenvalue weighted by molar-refractivity contribution is 7.27. The second kappa shape index (κ2) is 14.9. The van der Waals surface area contributed by atoms with E-state index in [1.165, 1.54) is 22.7 Å². The predicted octanol–water partition coefficient (Wildman–Crippen LogP) is 18.0. The molecule has 0 aliphatic heterocycles. The predicted molar refractivity (Wildman–Crippen MR) is 288 cm³/mol. The second-order valence-corrected chi connectivity index (χ2v) is 18.3. The van der Waals surface area contributed by atoms with E-state index in [4.69, 9.17) is 9.60 Å². The maximum atomic E-state index is 12.3. The fourth-order valence-corrected chi connectivity index (χ4v) is 12.7. The first-order valence-electron chi connectivity index (χ1n) is 28.9. The van der Waals surface area contributed by atoms with E-state index in [0.717, 1.165) is 30.9 Å². The summed E-state index contributed by atoms with van der Waals surface area (Å²) in [7, 11) is 0. The topological polar surface area (TPSA) is 38.0 Å². The molecule has 0 atom stereocenters. The summed E-state index contributed by atoms with van der Waals surface area (Å²) < 4.78 is 146. The van der Waals surface area contributed by atoms with E-state index < -0.39 is 119 Å². The summed E-state index contributed by atoms with van der Waals surface area (Å²) in [6, 6.07) is 27.1. The average molecular weight is 914 g/mol. The molecule has 0 radical (unpaired) electrons. The summed E-state index contributed by atoms with van der Waals surface area (Å²) in [5, 5.41) is 18.0. The van der Waals surface area contributed by atoms with Gasteiger partial charge in [-0.05, 0) is 34.9 Å². The maximum Gasteiger partial charge on any atom is 0.220 e. The van der Waals surface area contributed by atoms with E-state index in [0.29, 0.717) is 47.5 Å². The van der Waals surface area contributed by atoms with Gasteiger partial charge >= 0.3 is 0 Å². The molecule has 68 heavy (non-hydrogen) atoms. The third-order valence-electron chi connectivity index (χ3n) is 12.8. The lowest BCUT2D eigenvalue weighted by atomic mass is 9.88. The molecule has 6 heteroatoms. The zero-order chi connectivity index (χ0) is 58.1. The summed E-state index contributed by atoms with van der Waals surface area (Å²) in [5.74, 6) is 0. The minimum absolute atomic E-state index is 0.0580. The Bertz CT molecular complexity index is 5230. The van der Waals surface area contributed by atoms with Gasteiger partial charge in [-0.3, -0.25) is 0 Å². The highest BCUT2D eigenvalue weighted by Crippen LogP contribution is 2.55. The Kier molecular flexibility index (Phi) is 5.77. The van der Waals surface area contributed by atoms with Crippen molar-refractivity contribution < 1.29 is 20.6 Å². The van der Waals surface area contributed by atoms with Gasteiger partial charge in [-0.2, -0.15) is 5.26 Å². The van der Waals surface area contributed by atoms with E-state index in [-0.39, 0.29) is 33.6 Å². The van der Waals surface area contributed by atoms with Gasteiger partial charge in [-0.1, -0.05) is 188 Å². The molecule has 4 aromatic heterocycles. The van der Waals surface area contributed by atoms with Crippen molar-refractivity contribution in [2.75, 3.05) is 0 Å². The number of nitriles is 1. The maximum absolute atomic E-state index is 12.3. The number of rotatable bonds is 5. The van der Waals surface area contributed by atoms with Crippen LogP contribution in [0.3, 0.4) is 0 Å². The minimum Gasteiger partial charge on any atom is -0.316 e. The Labute approximate surface area is 419 Å². The van der Waals surface area contributed by atoms with E-state index in [9.17, 15) is 22.8 Å². The molecule has 0 N–H and O–H groups in total. The SMILES string of the molecule is [2H]c1c([2H])c([2H])c(-c2c(C#N)c(-n3c4ccccc4c4cccc(-c5c([2H])c([2H])c([2H])c([2H])c5[2H])c43)c(-c3c([2H])c([2H])c([2H])c([2H])c3[2H])c(-n3c4c(ccc5c6ccccc6sc54)c4ccc5c6ccccc6sc5c43)c2[N+]#[C-])c([2H])c1[2H]. The van der Waals surface area contributed by atoms with Crippen LogP contribution in [0.5, 0.6) is 0 Å². The van der Waals surface area contributed by atoms with Crippen LogP contribution in [0.1, 0.15) is 26.1 Å². The van der Waals surface area contributed by atoms with Gasteiger partial charge in [0.1, 0.15) is 6.07 Å². The van der Waals surface area contributed by atoms with Gasteiger partial charge < -0.3 is 9.13 Å². The number of fused-ring (bicyclic) bond motifs is 14. The molecule has 10 aromatic carbocycles. The quantitative estimate of drug-likeness (QED) is 0.159. The van der Waals surface area contributed by atoms with Crippen LogP contribution in [0.2, 0.25) is 0 Å². The third kappa shape index (κ3) is 5.33. The molecule has 314 valence electrons. The molecule has 14 rings (SSSR count). The van der Waals surface area contributed by atoms with Crippen molar-refractivity contribution in [1.82, 2.24) is 9.13 Å². The molecule has 0 bridgehead atoms. The van der Waals surface area contributed by atoms with Crippen molar-refractivity contribution in [2.45, 2.75) is 0 Å². The van der Waals surface area contributed by atoms with Crippen molar-refractivity contribution in [3.05, 3.63) is 223 Å². The number of thiophene rings is 2. The highest BCUT2D eigenvalue weighted by Gasteiger charge is 2.33. The zero-order valence-corrected chi connectivity index (χ0v) is 36.7. The average Bonchev–Trinajstić information content (AvgIpc) is 3.72. The van der Waals surface area contributed by atoms with Crippen molar-refractivity contribution in [1.29, 1.82) is 5.26 Å². The minimum atomic E-state index is -0.783. The van der Waals surface area contributed by atoms with E-state index in [1.54, 1.807) is 47.0 Å². The molecule has 0 aliphatic carbocycles. The Hall–Kier alpha value is -8.78. The first-order chi connectivity index (χ1) is 39.9. The molecule has 0 fully saturated rings. The monoisotopic (exact) mass is 913 g/mol. The number of para-hydroxylation sites is 2. The van der Waals surface area contributed by atoms with Gasteiger partial charge in [-0.15, -0.1) is 22.7 Å². The smallest absolute Gasteiger partial charge is 0.220 e. The molecule has 14 aromatic rings. The number of aromatic nitrogens is 2. The lowest BCUT2D eigenvalue weighted by Gasteiger charge is -2.26. The first-order valence-corrected chi connectivity index (χ1v) is 23.0. The molecule has 4 heterocycles. The lowest BCUT2D eigenvalue weighted by molar-refractivity contribution is 1.14. The van der Waals surface area contributed by atoms with Gasteiger partial charge in [0.15, 0.2) is 0 Å². The molecule has 0 amide bonds. The van der Waals surface area contributed by atoms with Crippen LogP contribution in [0.4, 0.5) is 5.69 Å². The first kappa shape index (κ1) is 26.4. The van der Waals surface area contributed by atoms with Crippen LogP contribution in [-0.2, 0) is 0 Å². The van der Waals surface area contributed by atoms with Crippen molar-refractivity contribution in [3.8, 4) is 50.8 Å². The fourth-order valence-electron chi connectivity index (χ4n) is 10.2. The van der Waals surface area contributed by atoms with Crippen molar-refractivity contribution in [2.24, 2.45) is 0 Å². The lowest BCUT2D eigenvalue weighted by Crippen LogP contribution is -2.09. The van der Waals surface area contributed by atoms with E-state index in [2.05, 4.69) is 10.9 Å². The van der Waals surface area contributed by atoms with Crippen molar-refractivity contribution in [3.63, 3.8) is 0 Å². The van der Waals surface area contributed by atoms with Gasteiger partial charge in [-0.25, -0.2) is 4.85 Å². The van der Waals surface area contributed by atoms with Crippen LogP contribution in [0.15, 0.2) is 206 Å².